The minimum absolute atomic E-state index is 0. The molecule has 0 saturated carbocycles. The summed E-state index contributed by atoms with van der Waals surface area (Å²) in [6.07, 6.45) is 2.83. The molecule has 0 saturated heterocycles. The minimum atomic E-state index is 0. The molecule has 0 fully saturated rings. The Hall–Kier alpha value is -3.06. The van der Waals surface area contributed by atoms with E-state index >= 15 is 0 Å². The SMILES string of the molecule is CCOc1cccc(C=NN=Cc2cccc(OCC)c2O)c1O.O. The topological polar surface area (TPSA) is 115 Å². The molecule has 0 unspecified atom stereocenters. The van der Waals surface area contributed by atoms with E-state index < -0.39 is 0 Å². The van der Waals surface area contributed by atoms with Gasteiger partial charge in [-0.3, -0.25) is 0 Å². The molecule has 134 valence electrons. The number of hydrogen-bond acceptors (Lipinski definition) is 6. The zero-order chi connectivity index (χ0) is 17.4. The minimum Gasteiger partial charge on any atom is -0.504 e. The third kappa shape index (κ3) is 5.22. The fourth-order valence-corrected chi connectivity index (χ4v) is 2.02. The second-order valence-electron chi connectivity index (χ2n) is 4.74. The van der Waals surface area contributed by atoms with Gasteiger partial charge in [0.1, 0.15) is 0 Å². The highest BCUT2D eigenvalue weighted by Crippen LogP contribution is 2.29. The lowest BCUT2D eigenvalue weighted by atomic mass is 10.2. The number of ether oxygens (including phenoxy) is 2. The molecule has 0 aliphatic carbocycles. The van der Waals surface area contributed by atoms with Gasteiger partial charge in [-0.15, -0.1) is 0 Å². The van der Waals surface area contributed by atoms with Crippen LogP contribution in [0.1, 0.15) is 25.0 Å². The number of aromatic hydroxyl groups is 2. The van der Waals surface area contributed by atoms with Gasteiger partial charge in [-0.1, -0.05) is 12.1 Å². The lowest BCUT2D eigenvalue weighted by Gasteiger charge is -2.07. The fraction of sp³-hybridized carbons (Fsp3) is 0.222. The average Bonchev–Trinajstić information content (AvgIpc) is 2.58. The molecule has 0 amide bonds. The highest BCUT2D eigenvalue weighted by atomic mass is 16.5. The maximum atomic E-state index is 10.1. The molecular formula is C18H22N2O5. The van der Waals surface area contributed by atoms with Gasteiger partial charge in [-0.05, 0) is 38.1 Å². The van der Waals surface area contributed by atoms with E-state index in [0.717, 1.165) is 0 Å². The highest BCUT2D eigenvalue weighted by molar-refractivity contribution is 5.87. The Labute approximate surface area is 146 Å². The van der Waals surface area contributed by atoms with Crippen LogP contribution in [0.15, 0.2) is 46.6 Å². The van der Waals surface area contributed by atoms with Crippen molar-refractivity contribution in [3.63, 3.8) is 0 Å². The van der Waals surface area contributed by atoms with E-state index in [2.05, 4.69) is 10.2 Å². The summed E-state index contributed by atoms with van der Waals surface area (Å²) in [6.45, 7) is 4.60. The van der Waals surface area contributed by atoms with Crippen molar-refractivity contribution in [2.45, 2.75) is 13.8 Å². The molecule has 25 heavy (non-hydrogen) atoms. The highest BCUT2D eigenvalue weighted by Gasteiger charge is 2.06. The first-order chi connectivity index (χ1) is 11.7. The molecule has 0 bridgehead atoms. The van der Waals surface area contributed by atoms with Gasteiger partial charge in [0.15, 0.2) is 23.0 Å². The summed E-state index contributed by atoms with van der Waals surface area (Å²) < 4.78 is 10.6. The van der Waals surface area contributed by atoms with Gasteiger partial charge in [-0.25, -0.2) is 0 Å². The van der Waals surface area contributed by atoms with Crippen LogP contribution in [-0.4, -0.2) is 41.3 Å². The second-order valence-corrected chi connectivity index (χ2v) is 4.74. The number of phenolic OH excluding ortho intramolecular Hbond substituents is 2. The van der Waals surface area contributed by atoms with Crippen LogP contribution >= 0.6 is 0 Å². The maximum absolute atomic E-state index is 10.1. The van der Waals surface area contributed by atoms with Crippen LogP contribution in [0, 0.1) is 0 Å². The van der Waals surface area contributed by atoms with Crippen molar-refractivity contribution in [3.8, 4) is 23.0 Å². The van der Waals surface area contributed by atoms with Gasteiger partial charge in [0.05, 0.1) is 25.6 Å². The Morgan fingerprint density at radius 2 is 1.20 bits per heavy atom. The molecule has 0 spiro atoms. The Bertz CT molecular complexity index is 681. The smallest absolute Gasteiger partial charge is 0.166 e. The Morgan fingerprint density at radius 1 is 0.800 bits per heavy atom. The lowest BCUT2D eigenvalue weighted by molar-refractivity contribution is 0.318. The third-order valence-electron chi connectivity index (χ3n) is 3.12. The van der Waals surface area contributed by atoms with Gasteiger partial charge in [0, 0.05) is 11.1 Å². The number of benzene rings is 2. The number of nitrogens with zero attached hydrogens (tertiary/aromatic N) is 2. The molecule has 0 aliphatic heterocycles. The van der Waals surface area contributed by atoms with Gasteiger partial charge < -0.3 is 25.2 Å². The van der Waals surface area contributed by atoms with Crippen LogP contribution in [0.2, 0.25) is 0 Å². The van der Waals surface area contributed by atoms with E-state index in [4.69, 9.17) is 9.47 Å². The first kappa shape index (κ1) is 20.0. The predicted molar refractivity (Wildman–Crippen MR) is 97.4 cm³/mol. The Balaban J connectivity index is 0.00000312. The quantitative estimate of drug-likeness (QED) is 0.592. The molecule has 4 N–H and O–H groups in total. The van der Waals surface area contributed by atoms with E-state index in [9.17, 15) is 10.2 Å². The van der Waals surface area contributed by atoms with Crippen LogP contribution in [-0.2, 0) is 0 Å². The zero-order valence-corrected chi connectivity index (χ0v) is 14.1. The summed E-state index contributed by atoms with van der Waals surface area (Å²) in [5.74, 6) is 0.818. The lowest BCUT2D eigenvalue weighted by Crippen LogP contribution is -1.94. The molecule has 2 rings (SSSR count). The number of phenols is 2. The zero-order valence-electron chi connectivity index (χ0n) is 14.1. The molecule has 0 aliphatic rings. The number of rotatable bonds is 7. The van der Waals surface area contributed by atoms with Crippen molar-refractivity contribution in [1.29, 1.82) is 0 Å². The second kappa shape index (κ2) is 9.94. The van der Waals surface area contributed by atoms with Crippen LogP contribution in [0.25, 0.3) is 0 Å². The van der Waals surface area contributed by atoms with Crippen LogP contribution in [0.4, 0.5) is 0 Å². The predicted octanol–water partition coefficient (Wildman–Crippen LogP) is 2.52. The molecule has 7 nitrogen and oxygen atoms in total. The van der Waals surface area contributed by atoms with Crippen LogP contribution in [0.3, 0.4) is 0 Å². The molecule has 2 aromatic rings. The summed E-state index contributed by atoms with van der Waals surface area (Å²) in [5.41, 5.74) is 0.982. The fourth-order valence-electron chi connectivity index (χ4n) is 2.02. The van der Waals surface area contributed by atoms with E-state index in [1.54, 1.807) is 36.4 Å². The number of hydrogen-bond donors (Lipinski definition) is 2. The van der Waals surface area contributed by atoms with E-state index in [-0.39, 0.29) is 17.0 Å². The summed E-state index contributed by atoms with van der Waals surface area (Å²) in [5, 5.41) is 27.9. The summed E-state index contributed by atoms with van der Waals surface area (Å²) >= 11 is 0. The van der Waals surface area contributed by atoms with Gasteiger partial charge >= 0.3 is 0 Å². The average molecular weight is 346 g/mol. The summed E-state index contributed by atoms with van der Waals surface area (Å²) in [7, 11) is 0. The van der Waals surface area contributed by atoms with Crippen LogP contribution < -0.4 is 9.47 Å². The number of para-hydroxylation sites is 2. The largest absolute Gasteiger partial charge is 0.504 e. The van der Waals surface area contributed by atoms with Crippen molar-refractivity contribution < 1.29 is 25.2 Å². The van der Waals surface area contributed by atoms with Crippen molar-refractivity contribution in [3.05, 3.63) is 47.5 Å². The standard InChI is InChI=1S/C18H20N2O4.H2O/c1-3-23-15-9-5-7-13(17(15)21)11-19-20-12-14-8-6-10-16(18(14)22)24-4-2;/h5-12,21-22H,3-4H2,1-2H3;1H2. The molecule has 0 heterocycles. The third-order valence-corrected chi connectivity index (χ3v) is 3.12. The monoisotopic (exact) mass is 346 g/mol. The molecule has 0 atom stereocenters. The summed E-state index contributed by atoms with van der Waals surface area (Å²) in [6, 6.07) is 10.3. The van der Waals surface area contributed by atoms with Crippen molar-refractivity contribution >= 4 is 12.4 Å². The molecule has 0 aromatic heterocycles. The maximum Gasteiger partial charge on any atom is 0.166 e. The Kier molecular flexibility index (Phi) is 7.95. The first-order valence-corrected chi connectivity index (χ1v) is 7.63. The van der Waals surface area contributed by atoms with E-state index in [0.29, 0.717) is 35.8 Å². The molecular weight excluding hydrogens is 324 g/mol. The Morgan fingerprint density at radius 3 is 1.56 bits per heavy atom. The van der Waals surface area contributed by atoms with Gasteiger partial charge in [0.2, 0.25) is 0 Å². The summed E-state index contributed by atoms with van der Waals surface area (Å²) in [4.78, 5) is 0. The van der Waals surface area contributed by atoms with E-state index in [1.807, 2.05) is 13.8 Å². The van der Waals surface area contributed by atoms with Gasteiger partial charge in [-0.2, -0.15) is 10.2 Å². The molecule has 7 heteroatoms. The van der Waals surface area contributed by atoms with Crippen molar-refractivity contribution in [1.82, 2.24) is 0 Å². The normalized spacial score (nSPS) is 10.8. The van der Waals surface area contributed by atoms with Crippen LogP contribution in [0.5, 0.6) is 23.0 Å². The first-order valence-electron chi connectivity index (χ1n) is 7.63. The van der Waals surface area contributed by atoms with Crippen molar-refractivity contribution in [2.75, 3.05) is 13.2 Å². The van der Waals surface area contributed by atoms with Gasteiger partial charge in [0.25, 0.3) is 0 Å². The van der Waals surface area contributed by atoms with E-state index in [1.165, 1.54) is 12.4 Å². The van der Waals surface area contributed by atoms with Crippen molar-refractivity contribution in [2.24, 2.45) is 10.2 Å². The molecule has 0 radical (unpaired) electrons. The molecule has 2 aromatic carbocycles.